The van der Waals surface area contributed by atoms with Crippen molar-refractivity contribution in [2.24, 2.45) is 0 Å². The average Bonchev–Trinajstić information content (AvgIpc) is 3.52. The van der Waals surface area contributed by atoms with Gasteiger partial charge in [0.25, 0.3) is 0 Å². The predicted octanol–water partition coefficient (Wildman–Crippen LogP) is 10.8. The van der Waals surface area contributed by atoms with E-state index in [-0.39, 0.29) is 5.41 Å². The third-order valence-electron chi connectivity index (χ3n) is 11.7. The van der Waals surface area contributed by atoms with E-state index >= 15 is 0 Å². The summed E-state index contributed by atoms with van der Waals surface area (Å²) in [7, 11) is 1.71. The first-order valence-electron chi connectivity index (χ1n) is 18.4. The zero-order valence-electron chi connectivity index (χ0n) is 29.6. The van der Waals surface area contributed by atoms with Crippen molar-refractivity contribution in [3.63, 3.8) is 0 Å². The standard InChI is InChI=1S/C47H43NO3/c1-4-46(5-2)42-14-10-9-13-39(42)43-38-24-21-36(48-27-29-50-30-28-48)31-41(38)45-40(44(43)46)25-26-47(51-45,35-19-22-37(49-3)23-20-35)34-17-15-33(16-18-34)32-11-7-6-8-12-32/h6-26,31H,4-5,27-30H2,1-3H3. The minimum atomic E-state index is -0.864. The van der Waals surface area contributed by atoms with E-state index in [1.54, 1.807) is 7.11 Å². The molecule has 0 spiro atoms. The summed E-state index contributed by atoms with van der Waals surface area (Å²) >= 11 is 0. The van der Waals surface area contributed by atoms with Gasteiger partial charge in [-0.25, -0.2) is 0 Å². The second-order valence-electron chi connectivity index (χ2n) is 14.0. The monoisotopic (exact) mass is 669 g/mol. The van der Waals surface area contributed by atoms with Crippen molar-refractivity contribution in [2.45, 2.75) is 37.7 Å². The molecule has 1 fully saturated rings. The van der Waals surface area contributed by atoms with Crippen LogP contribution in [0.25, 0.3) is 39.1 Å². The number of hydrogen-bond donors (Lipinski definition) is 0. The largest absolute Gasteiger partial charge is 0.497 e. The van der Waals surface area contributed by atoms with Gasteiger partial charge < -0.3 is 19.1 Å². The van der Waals surface area contributed by atoms with E-state index < -0.39 is 5.60 Å². The van der Waals surface area contributed by atoms with E-state index in [0.717, 1.165) is 67.2 Å². The van der Waals surface area contributed by atoms with Gasteiger partial charge in [0.15, 0.2) is 5.60 Å². The molecule has 1 atom stereocenters. The molecule has 0 bridgehead atoms. The third kappa shape index (κ3) is 4.84. The van der Waals surface area contributed by atoms with E-state index in [4.69, 9.17) is 14.2 Å². The SMILES string of the molecule is CCC1(CC)c2ccccc2-c2c1c1c(c3cc(N4CCOCC4)ccc23)OC(c2ccc(OC)cc2)(c2ccc(-c3ccccc3)cc2)C=C1. The van der Waals surface area contributed by atoms with Gasteiger partial charge in [-0.1, -0.05) is 117 Å². The molecule has 9 rings (SSSR count). The minimum absolute atomic E-state index is 0.113. The number of anilines is 1. The van der Waals surface area contributed by atoms with Crippen LogP contribution in [0, 0.1) is 0 Å². The maximum atomic E-state index is 7.70. The fourth-order valence-electron chi connectivity index (χ4n) is 9.02. The highest BCUT2D eigenvalue weighted by molar-refractivity contribution is 6.09. The summed E-state index contributed by atoms with van der Waals surface area (Å²) in [6.45, 7) is 7.92. The molecule has 0 amide bonds. The Morgan fingerprint density at radius 1 is 0.706 bits per heavy atom. The van der Waals surface area contributed by atoms with E-state index in [0.29, 0.717) is 0 Å². The molecule has 6 aromatic rings. The lowest BCUT2D eigenvalue weighted by Gasteiger charge is -2.39. The van der Waals surface area contributed by atoms with Crippen molar-refractivity contribution in [3.8, 4) is 33.8 Å². The van der Waals surface area contributed by atoms with Crippen LogP contribution in [0.2, 0.25) is 0 Å². The number of methoxy groups -OCH3 is 1. The summed E-state index contributed by atoms with van der Waals surface area (Å²) in [6, 6.07) is 43.9. The van der Waals surface area contributed by atoms with Crippen molar-refractivity contribution in [2.75, 3.05) is 38.3 Å². The molecule has 254 valence electrons. The van der Waals surface area contributed by atoms with Gasteiger partial charge in [-0.05, 0) is 82.0 Å². The van der Waals surface area contributed by atoms with E-state index in [9.17, 15) is 0 Å². The molecular weight excluding hydrogens is 627 g/mol. The molecule has 1 unspecified atom stereocenters. The first kappa shape index (κ1) is 31.6. The number of benzene rings is 6. The van der Waals surface area contributed by atoms with Gasteiger partial charge in [0.05, 0.1) is 20.3 Å². The number of fused-ring (bicyclic) bond motifs is 8. The van der Waals surface area contributed by atoms with E-state index in [1.807, 2.05) is 12.1 Å². The summed E-state index contributed by atoms with van der Waals surface area (Å²) in [5.41, 5.74) is 11.5. The lowest BCUT2D eigenvalue weighted by Crippen LogP contribution is -2.36. The zero-order valence-corrected chi connectivity index (χ0v) is 29.6. The molecule has 51 heavy (non-hydrogen) atoms. The summed E-state index contributed by atoms with van der Waals surface area (Å²) in [5, 5.41) is 2.39. The molecule has 4 heteroatoms. The third-order valence-corrected chi connectivity index (χ3v) is 11.7. The topological polar surface area (TPSA) is 30.9 Å². The van der Waals surface area contributed by atoms with Crippen LogP contribution in [-0.4, -0.2) is 33.4 Å². The smallest absolute Gasteiger partial charge is 0.178 e. The highest BCUT2D eigenvalue weighted by Gasteiger charge is 2.46. The van der Waals surface area contributed by atoms with Crippen LogP contribution >= 0.6 is 0 Å². The van der Waals surface area contributed by atoms with Crippen molar-refractivity contribution in [1.82, 2.24) is 0 Å². The molecule has 1 aliphatic carbocycles. The highest BCUT2D eigenvalue weighted by Crippen LogP contribution is 2.60. The summed E-state index contributed by atoms with van der Waals surface area (Å²) in [4.78, 5) is 2.44. The maximum Gasteiger partial charge on any atom is 0.178 e. The number of ether oxygens (including phenoxy) is 3. The van der Waals surface area contributed by atoms with Crippen molar-refractivity contribution in [1.29, 1.82) is 0 Å². The van der Waals surface area contributed by atoms with E-state index in [2.05, 4.69) is 140 Å². The molecule has 3 aliphatic rings. The summed E-state index contributed by atoms with van der Waals surface area (Å²) in [5.74, 6) is 1.77. The van der Waals surface area contributed by atoms with Crippen LogP contribution < -0.4 is 14.4 Å². The molecule has 2 heterocycles. The number of rotatable bonds is 7. The summed E-state index contributed by atoms with van der Waals surface area (Å²) in [6.07, 6.45) is 6.69. The molecule has 2 aliphatic heterocycles. The first-order chi connectivity index (χ1) is 25.1. The van der Waals surface area contributed by atoms with Crippen LogP contribution in [0.5, 0.6) is 11.5 Å². The average molecular weight is 670 g/mol. The predicted molar refractivity (Wildman–Crippen MR) is 209 cm³/mol. The second kappa shape index (κ2) is 12.5. The molecule has 0 N–H and O–H groups in total. The van der Waals surface area contributed by atoms with Gasteiger partial charge in [-0.2, -0.15) is 0 Å². The van der Waals surface area contributed by atoms with Gasteiger partial charge in [0, 0.05) is 46.3 Å². The van der Waals surface area contributed by atoms with Gasteiger partial charge in [-0.15, -0.1) is 0 Å². The number of hydrogen-bond acceptors (Lipinski definition) is 4. The normalized spacial score (nSPS) is 18.5. The van der Waals surface area contributed by atoms with Crippen LogP contribution in [0.3, 0.4) is 0 Å². The Morgan fingerprint density at radius 2 is 1.37 bits per heavy atom. The van der Waals surface area contributed by atoms with Crippen LogP contribution in [-0.2, 0) is 15.8 Å². The lowest BCUT2D eigenvalue weighted by atomic mass is 9.71. The Kier molecular flexibility index (Phi) is 7.74. The molecular formula is C47H43NO3. The quantitative estimate of drug-likeness (QED) is 0.169. The molecule has 4 nitrogen and oxygen atoms in total. The van der Waals surface area contributed by atoms with Gasteiger partial charge in [-0.3, -0.25) is 0 Å². The van der Waals surface area contributed by atoms with Crippen LogP contribution in [0.4, 0.5) is 5.69 Å². The number of nitrogens with zero attached hydrogens (tertiary/aromatic N) is 1. The van der Waals surface area contributed by atoms with Gasteiger partial charge in [0.2, 0.25) is 0 Å². The van der Waals surface area contributed by atoms with Crippen molar-refractivity contribution in [3.05, 3.63) is 155 Å². The second-order valence-corrected chi connectivity index (χ2v) is 14.0. The lowest BCUT2D eigenvalue weighted by molar-refractivity contribution is 0.122. The van der Waals surface area contributed by atoms with Gasteiger partial charge in [0.1, 0.15) is 11.5 Å². The molecule has 0 aromatic heterocycles. The zero-order chi connectivity index (χ0) is 34.6. The highest BCUT2D eigenvalue weighted by atomic mass is 16.5. The summed E-state index contributed by atoms with van der Waals surface area (Å²) < 4.78 is 19.0. The molecule has 0 radical (unpaired) electrons. The van der Waals surface area contributed by atoms with E-state index in [1.165, 1.54) is 50.0 Å². The Labute approximate surface area is 300 Å². The fraction of sp³-hybridized carbons (Fsp3) is 0.234. The van der Waals surface area contributed by atoms with Crippen molar-refractivity contribution < 1.29 is 14.2 Å². The number of morpholine rings is 1. The molecule has 1 saturated heterocycles. The Hall–Kier alpha value is -5.32. The van der Waals surface area contributed by atoms with Crippen LogP contribution in [0.1, 0.15) is 54.5 Å². The Balaban J connectivity index is 1.31. The Bertz CT molecular complexity index is 2260. The fourth-order valence-corrected chi connectivity index (χ4v) is 9.02. The maximum absolute atomic E-state index is 7.70. The Morgan fingerprint density at radius 3 is 2.08 bits per heavy atom. The minimum Gasteiger partial charge on any atom is -0.497 e. The van der Waals surface area contributed by atoms with Crippen LogP contribution in [0.15, 0.2) is 127 Å². The van der Waals surface area contributed by atoms with Crippen molar-refractivity contribution >= 4 is 22.5 Å². The molecule has 6 aromatic carbocycles. The van der Waals surface area contributed by atoms with Gasteiger partial charge >= 0.3 is 0 Å². The molecule has 0 saturated carbocycles. The first-order valence-corrected chi connectivity index (χ1v) is 18.4.